The molecule has 0 amide bonds. The lowest BCUT2D eigenvalue weighted by molar-refractivity contribution is -0.144. The van der Waals surface area contributed by atoms with Crippen LogP contribution in [0.5, 0.6) is 0 Å². The number of hydrogen-bond donors (Lipinski definition) is 5. The first kappa shape index (κ1) is 20.1. The van der Waals surface area contributed by atoms with Crippen molar-refractivity contribution in [1.82, 2.24) is 4.98 Å². The fourth-order valence-electron chi connectivity index (χ4n) is 3.76. The van der Waals surface area contributed by atoms with Gasteiger partial charge in [0.25, 0.3) is 0 Å². The molecule has 1 aromatic heterocycles. The lowest BCUT2D eigenvalue weighted by Crippen LogP contribution is -2.54. The minimum atomic E-state index is -1.44. The minimum absolute atomic E-state index is 0.0938. The Hall–Kier alpha value is -2.62. The smallest absolute Gasteiger partial charge is 0.451 e. The summed E-state index contributed by atoms with van der Waals surface area (Å²) in [4.78, 5) is 18.1. The van der Waals surface area contributed by atoms with Crippen LogP contribution in [0, 0.1) is 5.92 Å². The van der Waals surface area contributed by atoms with E-state index in [0.717, 1.165) is 11.1 Å². The van der Waals surface area contributed by atoms with E-state index >= 15 is 0 Å². The molecular weight excluding hydrogens is 359 g/mol. The number of aliphatic carboxylic acids is 1. The molecule has 2 atom stereocenters. The van der Waals surface area contributed by atoms with E-state index in [1.807, 2.05) is 36.4 Å². The van der Waals surface area contributed by atoms with Crippen LogP contribution in [-0.4, -0.2) is 51.9 Å². The molecule has 148 valence electrons. The molecule has 0 radical (unpaired) electrons. The molecule has 8 nitrogen and oxygen atoms in total. The first-order valence-corrected chi connectivity index (χ1v) is 9.25. The zero-order valence-electron chi connectivity index (χ0n) is 15.5. The molecule has 1 aliphatic rings. The van der Waals surface area contributed by atoms with Gasteiger partial charge in [0.1, 0.15) is 5.54 Å². The summed E-state index contributed by atoms with van der Waals surface area (Å²) in [5, 5.41) is 27.7. The standard InChI is InChI=1S/C19H25BN4O4/c21-16-9-14(13-5-2-1-3-6-13)10-23-17(16)24-11-15(7-4-8-20(27)28)19(22,12-24)18(25)26/h1-3,5-6,9-10,15,27-28H,4,7-8,11-12,21-22H2,(H,25,26)/t15-,19-/m0/s1. The number of nitrogens with two attached hydrogens (primary N) is 2. The molecule has 2 aromatic rings. The van der Waals surface area contributed by atoms with E-state index in [-0.39, 0.29) is 18.8 Å². The summed E-state index contributed by atoms with van der Waals surface area (Å²) in [5.74, 6) is -0.914. The molecular formula is C19H25BN4O4. The first-order valence-electron chi connectivity index (χ1n) is 9.25. The van der Waals surface area contributed by atoms with Gasteiger partial charge in [-0.05, 0) is 24.4 Å². The van der Waals surface area contributed by atoms with Crippen molar-refractivity contribution in [3.8, 4) is 11.1 Å². The molecule has 0 saturated carbocycles. The van der Waals surface area contributed by atoms with E-state index in [2.05, 4.69) is 4.98 Å². The van der Waals surface area contributed by atoms with Crippen molar-refractivity contribution in [1.29, 1.82) is 0 Å². The zero-order chi connectivity index (χ0) is 20.3. The second-order valence-electron chi connectivity index (χ2n) is 7.34. The van der Waals surface area contributed by atoms with E-state index in [4.69, 9.17) is 21.5 Å². The Morgan fingerprint density at radius 2 is 2.00 bits per heavy atom. The fourth-order valence-corrected chi connectivity index (χ4v) is 3.76. The average molecular weight is 384 g/mol. The van der Waals surface area contributed by atoms with Crippen molar-refractivity contribution < 1.29 is 19.9 Å². The van der Waals surface area contributed by atoms with Crippen LogP contribution in [0.1, 0.15) is 12.8 Å². The van der Waals surface area contributed by atoms with Gasteiger partial charge in [0.05, 0.1) is 5.69 Å². The summed E-state index contributed by atoms with van der Waals surface area (Å²) in [7, 11) is -1.41. The van der Waals surface area contributed by atoms with E-state index < -0.39 is 18.6 Å². The Kier molecular flexibility index (Phi) is 5.88. The van der Waals surface area contributed by atoms with Crippen LogP contribution in [0.15, 0.2) is 42.6 Å². The van der Waals surface area contributed by atoms with Crippen LogP contribution in [0.2, 0.25) is 6.32 Å². The quantitative estimate of drug-likeness (QED) is 0.441. The Morgan fingerprint density at radius 3 is 2.61 bits per heavy atom. The Labute approximate surface area is 163 Å². The van der Waals surface area contributed by atoms with Crippen molar-refractivity contribution in [2.24, 2.45) is 11.7 Å². The molecule has 1 aromatic carbocycles. The number of anilines is 2. The second-order valence-corrected chi connectivity index (χ2v) is 7.34. The molecule has 3 rings (SSSR count). The van der Waals surface area contributed by atoms with Gasteiger partial charge < -0.3 is 31.5 Å². The molecule has 2 heterocycles. The number of pyridine rings is 1. The largest absolute Gasteiger partial charge is 0.480 e. The average Bonchev–Trinajstić information content (AvgIpc) is 3.00. The number of carboxylic acid groups (broad SMARTS) is 1. The number of carboxylic acids is 1. The number of nitrogen functional groups attached to an aromatic ring is 1. The number of rotatable bonds is 7. The third-order valence-electron chi connectivity index (χ3n) is 5.34. The molecule has 0 bridgehead atoms. The molecule has 0 spiro atoms. The highest BCUT2D eigenvalue weighted by Crippen LogP contribution is 2.36. The number of hydrogen-bond acceptors (Lipinski definition) is 7. The van der Waals surface area contributed by atoms with Crippen LogP contribution < -0.4 is 16.4 Å². The SMILES string of the molecule is Nc1cc(-c2ccccc2)cnc1N1C[C@H](CCCB(O)O)[C@](N)(C(=O)O)C1. The van der Waals surface area contributed by atoms with Crippen molar-refractivity contribution >= 4 is 24.6 Å². The number of aromatic nitrogens is 1. The van der Waals surface area contributed by atoms with Gasteiger partial charge in [0.2, 0.25) is 0 Å². The summed E-state index contributed by atoms with van der Waals surface area (Å²) >= 11 is 0. The molecule has 1 aliphatic heterocycles. The van der Waals surface area contributed by atoms with Crippen LogP contribution in [-0.2, 0) is 4.79 Å². The van der Waals surface area contributed by atoms with Crippen LogP contribution >= 0.6 is 0 Å². The number of nitrogens with zero attached hydrogens (tertiary/aromatic N) is 2. The predicted octanol–water partition coefficient (Wildman–Crippen LogP) is 0.802. The highest BCUT2D eigenvalue weighted by atomic mass is 16.4. The summed E-state index contributed by atoms with van der Waals surface area (Å²) in [5.41, 5.74) is 13.4. The topological polar surface area (TPSA) is 146 Å². The Morgan fingerprint density at radius 1 is 1.29 bits per heavy atom. The van der Waals surface area contributed by atoms with E-state index in [1.54, 1.807) is 11.1 Å². The maximum absolute atomic E-state index is 11.8. The van der Waals surface area contributed by atoms with E-state index in [1.165, 1.54) is 0 Å². The van der Waals surface area contributed by atoms with Crippen molar-refractivity contribution in [3.05, 3.63) is 42.6 Å². The van der Waals surface area contributed by atoms with Gasteiger partial charge in [0.15, 0.2) is 5.82 Å². The highest BCUT2D eigenvalue weighted by Gasteiger charge is 2.49. The van der Waals surface area contributed by atoms with Gasteiger partial charge in [-0.2, -0.15) is 0 Å². The normalized spacial score (nSPS) is 21.7. The van der Waals surface area contributed by atoms with Gasteiger partial charge >= 0.3 is 13.1 Å². The van der Waals surface area contributed by atoms with E-state index in [0.29, 0.717) is 30.9 Å². The maximum atomic E-state index is 11.8. The lowest BCUT2D eigenvalue weighted by Gasteiger charge is -2.25. The predicted molar refractivity (Wildman–Crippen MR) is 109 cm³/mol. The molecule has 9 heteroatoms. The van der Waals surface area contributed by atoms with Crippen molar-refractivity contribution in [2.45, 2.75) is 24.7 Å². The maximum Gasteiger partial charge on any atom is 0.451 e. The fraction of sp³-hybridized carbons (Fsp3) is 0.368. The molecule has 28 heavy (non-hydrogen) atoms. The summed E-state index contributed by atoms with van der Waals surface area (Å²) in [6.45, 7) is 0.489. The molecule has 1 saturated heterocycles. The van der Waals surface area contributed by atoms with Gasteiger partial charge in [-0.3, -0.25) is 4.79 Å². The third kappa shape index (κ3) is 4.11. The van der Waals surface area contributed by atoms with Crippen LogP contribution in [0.3, 0.4) is 0 Å². The van der Waals surface area contributed by atoms with Crippen LogP contribution in [0.25, 0.3) is 11.1 Å². The third-order valence-corrected chi connectivity index (χ3v) is 5.34. The van der Waals surface area contributed by atoms with Crippen molar-refractivity contribution in [2.75, 3.05) is 23.7 Å². The monoisotopic (exact) mass is 384 g/mol. The Balaban J connectivity index is 1.80. The van der Waals surface area contributed by atoms with Gasteiger partial charge in [-0.1, -0.05) is 36.8 Å². The molecule has 0 aliphatic carbocycles. The zero-order valence-corrected chi connectivity index (χ0v) is 15.5. The first-order chi connectivity index (χ1) is 13.3. The van der Waals surface area contributed by atoms with Crippen molar-refractivity contribution in [3.63, 3.8) is 0 Å². The lowest BCUT2D eigenvalue weighted by atomic mass is 9.78. The van der Waals surface area contributed by atoms with Gasteiger partial charge in [0, 0.05) is 30.8 Å². The molecule has 1 fully saturated rings. The van der Waals surface area contributed by atoms with Gasteiger partial charge in [-0.25, -0.2) is 4.98 Å². The number of carbonyl (C=O) groups is 1. The van der Waals surface area contributed by atoms with E-state index in [9.17, 15) is 9.90 Å². The van der Waals surface area contributed by atoms with Gasteiger partial charge in [-0.15, -0.1) is 0 Å². The summed E-state index contributed by atoms with van der Waals surface area (Å²) in [6.07, 6.45) is 2.84. The molecule has 0 unspecified atom stereocenters. The Bertz CT molecular complexity index is 836. The number of benzene rings is 1. The minimum Gasteiger partial charge on any atom is -0.480 e. The van der Waals surface area contributed by atoms with Crippen LogP contribution in [0.4, 0.5) is 11.5 Å². The molecule has 7 N–H and O–H groups in total. The highest BCUT2D eigenvalue weighted by molar-refractivity contribution is 6.40. The summed E-state index contributed by atoms with van der Waals surface area (Å²) in [6, 6.07) is 11.6. The summed E-state index contributed by atoms with van der Waals surface area (Å²) < 4.78 is 0. The second kappa shape index (κ2) is 8.18.